The molecule has 3 aromatic rings. The fourth-order valence-corrected chi connectivity index (χ4v) is 20.3. The van der Waals surface area contributed by atoms with E-state index in [0.717, 1.165) is 0 Å². The average molecular weight is 479 g/mol. The van der Waals surface area contributed by atoms with Crippen LogP contribution in [0.3, 0.4) is 0 Å². The Hall–Kier alpha value is -1.77. The van der Waals surface area contributed by atoms with Crippen LogP contribution in [0.15, 0.2) is 91.0 Å². The molecule has 0 saturated heterocycles. The summed E-state index contributed by atoms with van der Waals surface area (Å²) < 4.78 is 14.4. The van der Waals surface area contributed by atoms with Gasteiger partial charge in [0.2, 0.25) is 0 Å². The minimum atomic E-state index is -2.75. The van der Waals surface area contributed by atoms with Gasteiger partial charge in [0, 0.05) is 0 Å². The van der Waals surface area contributed by atoms with Gasteiger partial charge in [0.25, 0.3) is 8.32 Å². The van der Waals surface area contributed by atoms with E-state index in [4.69, 9.17) is 8.23 Å². The molecule has 32 heavy (non-hydrogen) atoms. The molecule has 0 N–H and O–H groups in total. The molecule has 0 saturated carbocycles. The fourth-order valence-electron chi connectivity index (χ4n) is 4.78. The third kappa shape index (κ3) is 5.97. The van der Waals surface area contributed by atoms with E-state index in [-0.39, 0.29) is 0 Å². The van der Waals surface area contributed by atoms with Gasteiger partial charge in [0.05, 0.1) is 0 Å². The molecule has 0 heterocycles. The SMILES string of the molecule is CCC(C)C[Si](C)(C)O[Si](C)(C)O[Si](c1ccccc1)(c1ccccc1)c1ccccc1. The van der Waals surface area contributed by atoms with Gasteiger partial charge in [-0.25, -0.2) is 0 Å². The summed E-state index contributed by atoms with van der Waals surface area (Å²) in [5, 5.41) is 3.80. The second-order valence-electron chi connectivity index (χ2n) is 9.86. The van der Waals surface area contributed by atoms with E-state index in [1.165, 1.54) is 28.0 Å². The molecule has 0 fully saturated rings. The van der Waals surface area contributed by atoms with Crippen LogP contribution in [-0.4, -0.2) is 25.2 Å². The number of hydrogen-bond donors (Lipinski definition) is 0. The Labute approximate surface area is 198 Å². The van der Waals surface area contributed by atoms with Gasteiger partial charge in [0.15, 0.2) is 8.32 Å². The van der Waals surface area contributed by atoms with Crippen LogP contribution in [0.4, 0.5) is 0 Å². The zero-order valence-electron chi connectivity index (χ0n) is 20.5. The summed E-state index contributed by atoms with van der Waals surface area (Å²) >= 11 is 0. The van der Waals surface area contributed by atoms with Crippen LogP contribution in [0.5, 0.6) is 0 Å². The molecule has 5 heteroatoms. The highest BCUT2D eigenvalue weighted by Crippen LogP contribution is 2.27. The van der Waals surface area contributed by atoms with E-state index in [1.807, 2.05) is 0 Å². The van der Waals surface area contributed by atoms with Gasteiger partial charge in [-0.15, -0.1) is 0 Å². The third-order valence-corrected chi connectivity index (χ3v) is 18.5. The topological polar surface area (TPSA) is 18.5 Å². The van der Waals surface area contributed by atoms with Crippen molar-refractivity contribution in [2.45, 2.75) is 52.5 Å². The minimum Gasteiger partial charge on any atom is -0.436 e. The van der Waals surface area contributed by atoms with E-state index < -0.39 is 25.2 Å². The second kappa shape index (κ2) is 10.4. The molecule has 0 aliphatic rings. The Morgan fingerprint density at radius 2 is 1.00 bits per heavy atom. The van der Waals surface area contributed by atoms with Crippen molar-refractivity contribution in [3.05, 3.63) is 91.0 Å². The Morgan fingerprint density at radius 3 is 1.34 bits per heavy atom. The van der Waals surface area contributed by atoms with E-state index in [0.29, 0.717) is 5.92 Å². The van der Waals surface area contributed by atoms with Crippen molar-refractivity contribution < 1.29 is 8.23 Å². The fraction of sp³-hybridized carbons (Fsp3) is 0.333. The van der Waals surface area contributed by atoms with E-state index in [9.17, 15) is 0 Å². The monoisotopic (exact) mass is 478 g/mol. The number of benzene rings is 3. The molecule has 0 aliphatic heterocycles. The van der Waals surface area contributed by atoms with Crippen molar-refractivity contribution >= 4 is 40.8 Å². The zero-order chi connectivity index (χ0) is 23.2. The molecular formula is C27H38O2Si3. The standard InChI is InChI=1S/C27H38O2Si3/c1-7-24(2)23-30(3,4)28-31(5,6)29-32(25-17-11-8-12-18-25,26-19-13-9-14-20-26)27-21-15-10-16-22-27/h8-22,24H,7,23H2,1-6H3. The van der Waals surface area contributed by atoms with Gasteiger partial charge in [-0.05, 0) is 53.7 Å². The summed E-state index contributed by atoms with van der Waals surface area (Å²) in [6.45, 7) is 13.8. The maximum atomic E-state index is 7.43. The van der Waals surface area contributed by atoms with Gasteiger partial charge in [-0.2, -0.15) is 0 Å². The lowest BCUT2D eigenvalue weighted by Gasteiger charge is -2.42. The second-order valence-corrected chi connectivity index (χ2v) is 21.3. The van der Waals surface area contributed by atoms with Gasteiger partial charge in [-0.3, -0.25) is 0 Å². The van der Waals surface area contributed by atoms with E-state index in [1.54, 1.807) is 0 Å². The summed E-state index contributed by atoms with van der Waals surface area (Å²) in [5.41, 5.74) is 0. The molecule has 0 radical (unpaired) electrons. The summed E-state index contributed by atoms with van der Waals surface area (Å²) in [6.07, 6.45) is 1.19. The summed E-state index contributed by atoms with van der Waals surface area (Å²) in [6, 6.07) is 33.6. The largest absolute Gasteiger partial charge is 0.436 e. The first kappa shape index (κ1) is 24.9. The van der Waals surface area contributed by atoms with Gasteiger partial charge in [0.1, 0.15) is 0 Å². The molecule has 1 unspecified atom stereocenters. The number of hydrogen-bond acceptors (Lipinski definition) is 2. The maximum absolute atomic E-state index is 7.43. The summed E-state index contributed by atoms with van der Waals surface area (Å²) in [7, 11) is -7.09. The highest BCUT2D eigenvalue weighted by Gasteiger charge is 2.48. The highest BCUT2D eigenvalue weighted by atomic mass is 28.5. The lowest BCUT2D eigenvalue weighted by molar-refractivity contribution is 0.393. The Balaban J connectivity index is 2.13. The molecule has 1 atom stereocenters. The Kier molecular flexibility index (Phi) is 8.11. The molecule has 2 nitrogen and oxygen atoms in total. The normalized spacial score (nSPS) is 13.7. The van der Waals surface area contributed by atoms with Crippen molar-refractivity contribution in [2.75, 3.05) is 0 Å². The molecule has 170 valence electrons. The molecule has 0 amide bonds. The molecule has 0 bridgehead atoms. The van der Waals surface area contributed by atoms with Crippen molar-refractivity contribution in [3.63, 3.8) is 0 Å². The number of rotatable bonds is 10. The van der Waals surface area contributed by atoms with Crippen molar-refractivity contribution in [2.24, 2.45) is 5.92 Å². The van der Waals surface area contributed by atoms with Crippen LogP contribution >= 0.6 is 0 Å². The summed E-state index contributed by atoms with van der Waals surface area (Å²) in [4.78, 5) is 0. The van der Waals surface area contributed by atoms with Crippen LogP contribution < -0.4 is 15.6 Å². The Bertz CT molecular complexity index is 863. The van der Waals surface area contributed by atoms with Crippen molar-refractivity contribution in [1.29, 1.82) is 0 Å². The average Bonchev–Trinajstić information content (AvgIpc) is 2.78. The molecule has 0 aromatic heterocycles. The summed E-state index contributed by atoms with van der Waals surface area (Å²) in [5.74, 6) is 0.681. The van der Waals surface area contributed by atoms with Gasteiger partial charge in [-0.1, -0.05) is 111 Å². The molecule has 0 spiro atoms. The lowest BCUT2D eigenvalue weighted by atomic mass is 10.2. The van der Waals surface area contributed by atoms with E-state index in [2.05, 4.69) is 131 Å². The van der Waals surface area contributed by atoms with Crippen LogP contribution in [0.1, 0.15) is 20.3 Å². The van der Waals surface area contributed by atoms with E-state index >= 15 is 0 Å². The molecule has 3 rings (SSSR count). The van der Waals surface area contributed by atoms with Crippen LogP contribution in [0.2, 0.25) is 32.2 Å². The molecular weight excluding hydrogens is 441 g/mol. The quantitative estimate of drug-likeness (QED) is 0.277. The predicted molar refractivity (Wildman–Crippen MR) is 145 cm³/mol. The first-order valence-electron chi connectivity index (χ1n) is 11.8. The minimum absolute atomic E-state index is 0.681. The van der Waals surface area contributed by atoms with Gasteiger partial charge >= 0.3 is 8.56 Å². The predicted octanol–water partition coefficient (Wildman–Crippen LogP) is 5.64. The highest BCUT2D eigenvalue weighted by molar-refractivity contribution is 7.10. The van der Waals surface area contributed by atoms with Crippen LogP contribution in [0, 0.1) is 5.92 Å². The van der Waals surface area contributed by atoms with Gasteiger partial charge < -0.3 is 8.23 Å². The maximum Gasteiger partial charge on any atom is 0.311 e. The van der Waals surface area contributed by atoms with Crippen molar-refractivity contribution in [3.8, 4) is 0 Å². The Morgan fingerprint density at radius 1 is 0.625 bits per heavy atom. The van der Waals surface area contributed by atoms with Crippen LogP contribution in [0.25, 0.3) is 0 Å². The third-order valence-electron chi connectivity index (χ3n) is 6.00. The first-order valence-corrected chi connectivity index (χ1v) is 19.6. The molecule has 0 aliphatic carbocycles. The smallest absolute Gasteiger partial charge is 0.311 e. The van der Waals surface area contributed by atoms with Crippen molar-refractivity contribution in [1.82, 2.24) is 0 Å². The first-order chi connectivity index (χ1) is 15.2. The zero-order valence-corrected chi connectivity index (χ0v) is 23.5. The van der Waals surface area contributed by atoms with Crippen LogP contribution in [-0.2, 0) is 8.23 Å². The molecule has 3 aromatic carbocycles. The lowest BCUT2D eigenvalue weighted by Crippen LogP contribution is -2.73.